The molecule has 4 saturated heterocycles. The number of halogens is 1. The van der Waals surface area contributed by atoms with Gasteiger partial charge in [0.2, 0.25) is 17.7 Å². The topological polar surface area (TPSA) is 103 Å². The summed E-state index contributed by atoms with van der Waals surface area (Å²) < 4.78 is 10.4. The molecule has 0 aromatic heterocycles. The van der Waals surface area contributed by atoms with E-state index < -0.39 is 22.6 Å². The standard InChI is InChI=1S/C35H49BrN4O6S/c1-4-14-38(18-17-37-19-22-45-23-20-37)34(44)31-35-24-27(36)30(47-35)28(29(35)33(43)40(31)16-8-7-9-21-41)32(42)39(15-5-2)25-10-12-26(13-11-25)46-6-3/h4-5,10-13,27-31,41H,1-2,6-9,14-24H2,3H3/t27?,28-,29-,30-,31?,35?/m0/s1. The van der Waals surface area contributed by atoms with Gasteiger partial charge >= 0.3 is 0 Å². The molecule has 3 amide bonds. The van der Waals surface area contributed by atoms with Crippen LogP contribution in [0.3, 0.4) is 0 Å². The lowest BCUT2D eigenvalue weighted by atomic mass is 9.70. The average Bonchev–Trinajstić information content (AvgIpc) is 3.67. The number of hydrogen-bond donors (Lipinski definition) is 1. The Morgan fingerprint density at radius 1 is 1.11 bits per heavy atom. The number of nitrogens with zero attached hydrogens (tertiary/aromatic N) is 4. The molecule has 4 aliphatic rings. The zero-order chi connectivity index (χ0) is 33.6. The summed E-state index contributed by atoms with van der Waals surface area (Å²) in [5, 5.41) is 9.24. The number of ether oxygens (including phenoxy) is 2. The molecule has 47 heavy (non-hydrogen) atoms. The van der Waals surface area contributed by atoms with Crippen LogP contribution in [0.1, 0.15) is 32.6 Å². The fourth-order valence-corrected chi connectivity index (χ4v) is 11.3. The highest BCUT2D eigenvalue weighted by Gasteiger charge is 2.76. The van der Waals surface area contributed by atoms with E-state index in [4.69, 9.17) is 9.47 Å². The molecule has 1 aromatic rings. The minimum Gasteiger partial charge on any atom is -0.494 e. The van der Waals surface area contributed by atoms with Gasteiger partial charge in [0.1, 0.15) is 11.8 Å². The van der Waals surface area contributed by atoms with Gasteiger partial charge in [0, 0.05) is 68.2 Å². The number of aliphatic hydroxyl groups excluding tert-OH is 1. The van der Waals surface area contributed by atoms with Gasteiger partial charge in [-0.2, -0.15) is 0 Å². The maximum Gasteiger partial charge on any atom is 0.247 e. The Hall–Kier alpha value is -2.38. The van der Waals surface area contributed by atoms with Crippen molar-refractivity contribution >= 4 is 51.1 Å². The molecule has 0 radical (unpaired) electrons. The number of amides is 3. The maximum absolute atomic E-state index is 14.8. The van der Waals surface area contributed by atoms with Gasteiger partial charge in [0.05, 0.1) is 36.4 Å². The van der Waals surface area contributed by atoms with Crippen molar-refractivity contribution in [3.63, 3.8) is 0 Å². The van der Waals surface area contributed by atoms with Gasteiger partial charge in [-0.25, -0.2) is 0 Å². The van der Waals surface area contributed by atoms with Crippen LogP contribution in [-0.2, 0) is 19.1 Å². The molecule has 12 heteroatoms. The van der Waals surface area contributed by atoms with Crippen molar-refractivity contribution in [2.45, 2.75) is 53.5 Å². The molecule has 0 saturated carbocycles. The van der Waals surface area contributed by atoms with E-state index in [1.807, 2.05) is 36.1 Å². The van der Waals surface area contributed by atoms with E-state index in [0.717, 1.165) is 25.3 Å². The third kappa shape index (κ3) is 7.32. The van der Waals surface area contributed by atoms with Gasteiger partial charge in [0.15, 0.2) is 0 Å². The number of likely N-dealkylation sites (tertiary alicyclic amines) is 1. The fourth-order valence-electron chi connectivity index (χ4n) is 7.73. The first kappa shape index (κ1) is 35.9. The number of fused-ring (bicyclic) bond motifs is 1. The number of unbranched alkanes of at least 4 members (excludes halogenated alkanes) is 2. The van der Waals surface area contributed by atoms with E-state index in [1.165, 1.54) is 0 Å². The summed E-state index contributed by atoms with van der Waals surface area (Å²) in [6.45, 7) is 15.7. The van der Waals surface area contributed by atoms with Gasteiger partial charge in [-0.15, -0.1) is 24.9 Å². The minimum atomic E-state index is -0.735. The van der Waals surface area contributed by atoms with Crippen LogP contribution in [0.15, 0.2) is 49.6 Å². The van der Waals surface area contributed by atoms with Crippen LogP contribution in [0.5, 0.6) is 5.75 Å². The van der Waals surface area contributed by atoms with Crippen LogP contribution in [0.2, 0.25) is 0 Å². The predicted octanol–water partition coefficient (Wildman–Crippen LogP) is 3.58. The van der Waals surface area contributed by atoms with Gasteiger partial charge in [-0.05, 0) is 56.9 Å². The Balaban J connectivity index is 1.47. The Labute approximate surface area is 291 Å². The molecule has 6 atom stereocenters. The molecule has 1 aromatic carbocycles. The SMILES string of the molecule is C=CCN(CCN1CCOCC1)C(=O)C1N(CCCCCO)C(=O)[C@@H]2[C@H](C(=O)N(CC=C)c3ccc(OCC)cc3)[C@H]3SC12CC3Br. The summed E-state index contributed by atoms with van der Waals surface area (Å²) in [4.78, 5) is 51.6. The number of carbonyl (C=O) groups is 3. The number of benzene rings is 1. The van der Waals surface area contributed by atoms with Crippen molar-refractivity contribution in [2.24, 2.45) is 11.8 Å². The lowest BCUT2D eigenvalue weighted by molar-refractivity contribution is -0.142. The van der Waals surface area contributed by atoms with Crippen LogP contribution in [-0.4, -0.2) is 131 Å². The average molecular weight is 734 g/mol. The molecular formula is C35H49BrN4O6S. The zero-order valence-corrected chi connectivity index (χ0v) is 29.8. The van der Waals surface area contributed by atoms with Crippen molar-refractivity contribution < 1.29 is 29.0 Å². The molecule has 4 fully saturated rings. The normalized spacial score (nSPS) is 28.3. The van der Waals surface area contributed by atoms with Gasteiger partial charge in [-0.1, -0.05) is 28.1 Å². The number of anilines is 1. The Bertz CT molecular complexity index is 1280. The van der Waals surface area contributed by atoms with E-state index in [9.17, 15) is 19.5 Å². The van der Waals surface area contributed by atoms with Crippen molar-refractivity contribution in [3.8, 4) is 5.75 Å². The lowest BCUT2D eigenvalue weighted by Gasteiger charge is -2.39. The van der Waals surface area contributed by atoms with Crippen molar-refractivity contribution in [1.82, 2.24) is 14.7 Å². The van der Waals surface area contributed by atoms with Crippen molar-refractivity contribution in [1.29, 1.82) is 0 Å². The summed E-state index contributed by atoms with van der Waals surface area (Å²) in [5.41, 5.74) is 0.713. The van der Waals surface area contributed by atoms with E-state index in [0.29, 0.717) is 77.5 Å². The third-order valence-electron chi connectivity index (χ3n) is 9.85. The molecule has 10 nitrogen and oxygen atoms in total. The van der Waals surface area contributed by atoms with E-state index in [2.05, 4.69) is 34.0 Å². The first-order valence-electron chi connectivity index (χ1n) is 16.9. The number of carbonyl (C=O) groups excluding carboxylic acids is 3. The van der Waals surface area contributed by atoms with E-state index in [-0.39, 0.29) is 34.4 Å². The largest absolute Gasteiger partial charge is 0.494 e. The highest BCUT2D eigenvalue weighted by atomic mass is 79.9. The van der Waals surface area contributed by atoms with Crippen LogP contribution in [0.25, 0.3) is 0 Å². The molecule has 4 heterocycles. The molecule has 2 bridgehead atoms. The Morgan fingerprint density at radius 2 is 1.83 bits per heavy atom. The van der Waals surface area contributed by atoms with Crippen LogP contribution in [0, 0.1) is 11.8 Å². The van der Waals surface area contributed by atoms with E-state index in [1.54, 1.807) is 33.7 Å². The van der Waals surface area contributed by atoms with Crippen LogP contribution < -0.4 is 9.64 Å². The zero-order valence-electron chi connectivity index (χ0n) is 27.4. The molecule has 4 aliphatic heterocycles. The minimum absolute atomic E-state index is 0.0257. The molecule has 1 N–H and O–H groups in total. The van der Waals surface area contributed by atoms with Crippen LogP contribution in [0.4, 0.5) is 5.69 Å². The molecule has 258 valence electrons. The fraction of sp³-hybridized carbons (Fsp3) is 0.629. The number of thioether (sulfide) groups is 1. The third-order valence-corrected chi connectivity index (χ3v) is 13.1. The number of morpholine rings is 1. The summed E-state index contributed by atoms with van der Waals surface area (Å²) in [7, 11) is 0. The number of rotatable bonds is 17. The number of hydrogen-bond acceptors (Lipinski definition) is 8. The second-order valence-electron chi connectivity index (χ2n) is 12.7. The van der Waals surface area contributed by atoms with Crippen molar-refractivity contribution in [3.05, 3.63) is 49.6 Å². The first-order valence-corrected chi connectivity index (χ1v) is 18.7. The summed E-state index contributed by atoms with van der Waals surface area (Å²) >= 11 is 5.56. The smallest absolute Gasteiger partial charge is 0.247 e. The van der Waals surface area contributed by atoms with Crippen LogP contribution >= 0.6 is 27.7 Å². The van der Waals surface area contributed by atoms with E-state index >= 15 is 0 Å². The van der Waals surface area contributed by atoms with Gasteiger partial charge in [0.25, 0.3) is 0 Å². The monoisotopic (exact) mass is 732 g/mol. The van der Waals surface area contributed by atoms with Gasteiger partial charge in [-0.3, -0.25) is 19.3 Å². The lowest BCUT2D eigenvalue weighted by Crippen LogP contribution is -2.56. The van der Waals surface area contributed by atoms with Gasteiger partial charge < -0.3 is 29.3 Å². The predicted molar refractivity (Wildman–Crippen MR) is 189 cm³/mol. The van der Waals surface area contributed by atoms with Crippen molar-refractivity contribution in [2.75, 3.05) is 77.1 Å². The highest BCUT2D eigenvalue weighted by Crippen LogP contribution is 2.68. The molecule has 3 unspecified atom stereocenters. The summed E-state index contributed by atoms with van der Waals surface area (Å²) in [5.74, 6) is -0.816. The first-order chi connectivity index (χ1) is 22.8. The molecule has 1 spiro atoms. The Kier molecular flexibility index (Phi) is 12.5. The number of aliphatic hydroxyl groups is 1. The summed E-state index contributed by atoms with van der Waals surface area (Å²) in [6, 6.07) is 6.74. The maximum atomic E-state index is 14.8. The molecule has 0 aliphatic carbocycles. The molecule has 5 rings (SSSR count). The molecular weight excluding hydrogens is 684 g/mol. The second kappa shape index (κ2) is 16.3. The number of alkyl halides is 1. The summed E-state index contributed by atoms with van der Waals surface area (Å²) in [6.07, 6.45) is 6.13. The Morgan fingerprint density at radius 3 is 2.49 bits per heavy atom. The highest BCUT2D eigenvalue weighted by molar-refractivity contribution is 9.09. The quantitative estimate of drug-likeness (QED) is 0.147. The second-order valence-corrected chi connectivity index (χ2v) is 15.4.